The number of hydrogen-bond donors (Lipinski definition) is 1. The Balaban J connectivity index is 2.11. The van der Waals surface area contributed by atoms with Crippen LogP contribution in [0.1, 0.15) is 24.5 Å². The number of benzene rings is 1. The van der Waals surface area contributed by atoms with Crippen LogP contribution in [0.15, 0.2) is 18.2 Å². The quantitative estimate of drug-likeness (QED) is 0.851. The molecule has 0 aliphatic carbocycles. The highest BCUT2D eigenvalue weighted by molar-refractivity contribution is 5.63. The van der Waals surface area contributed by atoms with Gasteiger partial charge < -0.3 is 9.84 Å². The number of carbonyl (C=O) groups is 1. The van der Waals surface area contributed by atoms with E-state index in [0.29, 0.717) is 13.0 Å². The number of carbonyl (C=O) groups excluding carboxylic acids is 1. The van der Waals surface area contributed by atoms with Gasteiger partial charge in [0, 0.05) is 6.42 Å². The Labute approximate surface area is 120 Å². The molecule has 2 rings (SSSR count). The van der Waals surface area contributed by atoms with Crippen LogP contribution >= 0.6 is 0 Å². The number of fused-ring (bicyclic) bond motifs is 1. The molecule has 116 valence electrons. The Morgan fingerprint density at radius 3 is 2.76 bits per heavy atom. The molecule has 0 radical (unpaired) electrons. The molecule has 1 aliphatic heterocycles. The van der Waals surface area contributed by atoms with E-state index in [-0.39, 0.29) is 0 Å². The summed E-state index contributed by atoms with van der Waals surface area (Å²) in [4.78, 5) is 10.7. The molecule has 0 aromatic heterocycles. The predicted octanol–water partition coefficient (Wildman–Crippen LogP) is 2.68. The van der Waals surface area contributed by atoms with Crippen molar-refractivity contribution in [3.63, 3.8) is 0 Å². The van der Waals surface area contributed by atoms with Crippen molar-refractivity contribution in [2.75, 3.05) is 6.61 Å². The highest BCUT2D eigenvalue weighted by Gasteiger charge is 2.54. The maximum absolute atomic E-state index is 12.7. The molecule has 0 bridgehead atoms. The SMILES string of the molecule is CC(Cc1cccc2c1OCC2)CC(O)(C=O)C(F)(F)F. The fourth-order valence-corrected chi connectivity index (χ4v) is 2.65. The number of hydrogen-bond acceptors (Lipinski definition) is 3. The third-order valence-corrected chi connectivity index (χ3v) is 3.71. The van der Waals surface area contributed by atoms with E-state index in [0.717, 1.165) is 23.3 Å². The van der Waals surface area contributed by atoms with E-state index < -0.39 is 30.4 Å². The van der Waals surface area contributed by atoms with E-state index in [1.807, 2.05) is 12.1 Å². The lowest BCUT2D eigenvalue weighted by Gasteiger charge is -2.27. The highest BCUT2D eigenvalue weighted by Crippen LogP contribution is 2.36. The Morgan fingerprint density at radius 2 is 2.14 bits per heavy atom. The second-order valence-electron chi connectivity index (χ2n) is 5.56. The minimum Gasteiger partial charge on any atom is -0.493 e. The van der Waals surface area contributed by atoms with Crippen LogP contribution in [0, 0.1) is 5.92 Å². The molecule has 21 heavy (non-hydrogen) atoms. The van der Waals surface area contributed by atoms with Gasteiger partial charge in [-0.1, -0.05) is 25.1 Å². The van der Waals surface area contributed by atoms with E-state index in [1.54, 1.807) is 13.0 Å². The van der Waals surface area contributed by atoms with E-state index >= 15 is 0 Å². The Morgan fingerprint density at radius 1 is 1.43 bits per heavy atom. The van der Waals surface area contributed by atoms with Crippen molar-refractivity contribution in [1.29, 1.82) is 0 Å². The lowest BCUT2D eigenvalue weighted by atomic mass is 9.87. The second kappa shape index (κ2) is 5.67. The van der Waals surface area contributed by atoms with Gasteiger partial charge in [-0.15, -0.1) is 0 Å². The van der Waals surface area contributed by atoms with Gasteiger partial charge in [-0.3, -0.25) is 4.79 Å². The van der Waals surface area contributed by atoms with Crippen LogP contribution in [-0.4, -0.2) is 29.8 Å². The molecule has 1 N–H and O–H groups in total. The van der Waals surface area contributed by atoms with Crippen LogP contribution in [0.25, 0.3) is 0 Å². The van der Waals surface area contributed by atoms with Crippen LogP contribution < -0.4 is 4.74 Å². The van der Waals surface area contributed by atoms with Crippen molar-refractivity contribution in [3.8, 4) is 5.75 Å². The molecule has 0 saturated heterocycles. The van der Waals surface area contributed by atoms with Gasteiger partial charge in [0.05, 0.1) is 6.61 Å². The molecule has 1 aliphatic rings. The van der Waals surface area contributed by atoms with Crippen LogP contribution in [0.3, 0.4) is 0 Å². The largest absolute Gasteiger partial charge is 0.493 e. The van der Waals surface area contributed by atoms with Gasteiger partial charge in [0.1, 0.15) is 5.75 Å². The van der Waals surface area contributed by atoms with Gasteiger partial charge in [-0.25, -0.2) is 0 Å². The molecule has 2 unspecified atom stereocenters. The number of aliphatic hydroxyl groups is 1. The number of ether oxygens (including phenoxy) is 1. The summed E-state index contributed by atoms with van der Waals surface area (Å²) in [6.45, 7) is 2.15. The van der Waals surface area contributed by atoms with Gasteiger partial charge in [-0.2, -0.15) is 13.2 Å². The summed E-state index contributed by atoms with van der Waals surface area (Å²) >= 11 is 0. The highest BCUT2D eigenvalue weighted by atomic mass is 19.4. The molecule has 0 saturated carbocycles. The normalized spacial score (nSPS) is 18.5. The topological polar surface area (TPSA) is 46.5 Å². The first kappa shape index (κ1) is 15.8. The van der Waals surface area contributed by atoms with Gasteiger partial charge in [0.25, 0.3) is 0 Å². The maximum atomic E-state index is 12.7. The average molecular weight is 302 g/mol. The van der Waals surface area contributed by atoms with Crippen LogP contribution in [-0.2, 0) is 17.6 Å². The number of para-hydroxylation sites is 1. The molecule has 6 heteroatoms. The summed E-state index contributed by atoms with van der Waals surface area (Å²) in [5.41, 5.74) is -1.43. The predicted molar refractivity (Wildman–Crippen MR) is 70.2 cm³/mol. The van der Waals surface area contributed by atoms with Crippen molar-refractivity contribution >= 4 is 6.29 Å². The zero-order valence-corrected chi connectivity index (χ0v) is 11.6. The van der Waals surface area contributed by atoms with Crippen molar-refractivity contribution in [3.05, 3.63) is 29.3 Å². The summed E-state index contributed by atoms with van der Waals surface area (Å²) < 4.78 is 43.7. The lowest BCUT2D eigenvalue weighted by molar-refractivity contribution is -0.249. The first-order valence-electron chi connectivity index (χ1n) is 6.76. The fraction of sp³-hybridized carbons (Fsp3) is 0.533. The van der Waals surface area contributed by atoms with Crippen LogP contribution in [0.2, 0.25) is 0 Å². The lowest BCUT2D eigenvalue weighted by Crippen LogP contribution is -2.48. The zero-order chi connectivity index (χ0) is 15.7. The number of rotatable bonds is 5. The van der Waals surface area contributed by atoms with Gasteiger partial charge in [0.15, 0.2) is 6.29 Å². The van der Waals surface area contributed by atoms with Gasteiger partial charge in [0.2, 0.25) is 5.60 Å². The number of aldehydes is 1. The molecule has 1 aromatic rings. The summed E-state index contributed by atoms with van der Waals surface area (Å²) in [6, 6.07) is 5.56. The smallest absolute Gasteiger partial charge is 0.424 e. The standard InChI is InChI=1S/C15H17F3O3/c1-10(8-14(20,9-19)15(16,17)18)7-12-4-2-3-11-5-6-21-13(11)12/h2-4,9-10,20H,5-8H2,1H3. The van der Waals surface area contributed by atoms with E-state index in [9.17, 15) is 23.1 Å². The van der Waals surface area contributed by atoms with Gasteiger partial charge >= 0.3 is 6.18 Å². The van der Waals surface area contributed by atoms with Crippen molar-refractivity contribution in [1.82, 2.24) is 0 Å². The summed E-state index contributed by atoms with van der Waals surface area (Å²) in [6.07, 6.45) is -4.94. The molecule has 3 nitrogen and oxygen atoms in total. The zero-order valence-electron chi connectivity index (χ0n) is 11.6. The Hall–Kier alpha value is -1.56. The average Bonchev–Trinajstić information content (AvgIpc) is 2.86. The maximum Gasteiger partial charge on any atom is 0.424 e. The molecule has 0 fully saturated rings. The summed E-state index contributed by atoms with van der Waals surface area (Å²) in [5.74, 6) is 0.212. The minimum absolute atomic E-state index is 0.315. The molecular weight excluding hydrogens is 285 g/mol. The van der Waals surface area contributed by atoms with Gasteiger partial charge in [-0.05, 0) is 29.9 Å². The number of halogens is 3. The molecule has 1 aromatic carbocycles. The third-order valence-electron chi connectivity index (χ3n) is 3.71. The Bertz CT molecular complexity index is 527. The third kappa shape index (κ3) is 3.20. The van der Waals surface area contributed by atoms with Crippen molar-refractivity contribution in [2.45, 2.75) is 38.0 Å². The molecular formula is C15H17F3O3. The van der Waals surface area contributed by atoms with E-state index in [2.05, 4.69) is 0 Å². The van der Waals surface area contributed by atoms with Crippen LogP contribution in [0.5, 0.6) is 5.75 Å². The van der Waals surface area contributed by atoms with Crippen molar-refractivity contribution in [2.24, 2.45) is 5.92 Å². The van der Waals surface area contributed by atoms with E-state index in [1.165, 1.54) is 0 Å². The minimum atomic E-state index is -4.96. The fourth-order valence-electron chi connectivity index (χ4n) is 2.65. The first-order chi connectivity index (χ1) is 9.77. The molecule has 2 atom stereocenters. The second-order valence-corrected chi connectivity index (χ2v) is 5.56. The first-order valence-corrected chi connectivity index (χ1v) is 6.76. The van der Waals surface area contributed by atoms with Crippen LogP contribution in [0.4, 0.5) is 13.2 Å². The summed E-state index contributed by atoms with van der Waals surface area (Å²) in [7, 11) is 0. The number of alkyl halides is 3. The molecule has 1 heterocycles. The monoisotopic (exact) mass is 302 g/mol. The molecule has 0 amide bonds. The Kier molecular flexibility index (Phi) is 4.27. The summed E-state index contributed by atoms with van der Waals surface area (Å²) in [5, 5.41) is 9.47. The molecule has 0 spiro atoms. The van der Waals surface area contributed by atoms with E-state index in [4.69, 9.17) is 4.74 Å². The van der Waals surface area contributed by atoms with Crippen molar-refractivity contribution < 1.29 is 27.8 Å².